The summed E-state index contributed by atoms with van der Waals surface area (Å²) in [7, 11) is 0. The molecule has 0 amide bonds. The average Bonchev–Trinajstić information content (AvgIpc) is 3.32. The van der Waals surface area contributed by atoms with Gasteiger partial charge in [-0.05, 0) is 55.8 Å². The van der Waals surface area contributed by atoms with E-state index in [0.717, 1.165) is 23.6 Å². The first-order valence-corrected chi connectivity index (χ1v) is 9.97. The first kappa shape index (κ1) is 21.4. The molecule has 0 spiro atoms. The predicted octanol–water partition coefficient (Wildman–Crippen LogP) is 3.22. The van der Waals surface area contributed by atoms with Crippen molar-refractivity contribution in [3.05, 3.63) is 84.1 Å². The molecular weight excluding hydrogens is 380 g/mol. The van der Waals surface area contributed by atoms with Gasteiger partial charge < -0.3 is 24.9 Å². The molecule has 0 aliphatic carbocycles. The number of hydrogen-bond acceptors (Lipinski definition) is 5. The molecule has 3 N–H and O–H groups in total. The molecule has 2 heterocycles. The third kappa shape index (κ3) is 6.35. The van der Waals surface area contributed by atoms with Crippen molar-refractivity contribution >= 4 is 5.96 Å². The molecule has 0 aliphatic rings. The summed E-state index contributed by atoms with van der Waals surface area (Å²) in [5.41, 5.74) is 0.805. The molecule has 0 aliphatic heterocycles. The lowest BCUT2D eigenvalue weighted by Crippen LogP contribution is -2.44. The van der Waals surface area contributed by atoms with Crippen LogP contribution in [0.3, 0.4) is 0 Å². The molecule has 30 heavy (non-hydrogen) atoms. The Morgan fingerprint density at radius 3 is 2.63 bits per heavy atom. The van der Waals surface area contributed by atoms with E-state index in [1.54, 1.807) is 31.5 Å². The number of ether oxygens (including phenoxy) is 1. The molecule has 7 heteroatoms. The molecule has 1 aromatic carbocycles. The fourth-order valence-electron chi connectivity index (χ4n) is 2.77. The SMILES string of the molecule is CCNC(=NCc1ccc(OCc2ccccn2)cc1)NCC(C)(O)c1ccco1. The number of aromatic nitrogens is 1. The van der Waals surface area contributed by atoms with Gasteiger partial charge in [0, 0.05) is 12.7 Å². The van der Waals surface area contributed by atoms with Crippen molar-refractivity contribution < 1.29 is 14.3 Å². The highest BCUT2D eigenvalue weighted by molar-refractivity contribution is 5.79. The maximum atomic E-state index is 10.6. The topological polar surface area (TPSA) is 91.9 Å². The normalized spacial score (nSPS) is 13.5. The van der Waals surface area contributed by atoms with Gasteiger partial charge in [-0.15, -0.1) is 0 Å². The lowest BCUT2D eigenvalue weighted by atomic mass is 10.0. The van der Waals surface area contributed by atoms with Gasteiger partial charge in [-0.25, -0.2) is 4.99 Å². The third-order valence-corrected chi connectivity index (χ3v) is 4.45. The monoisotopic (exact) mass is 408 g/mol. The summed E-state index contributed by atoms with van der Waals surface area (Å²) in [6.07, 6.45) is 3.30. The lowest BCUT2D eigenvalue weighted by Gasteiger charge is -2.22. The van der Waals surface area contributed by atoms with Gasteiger partial charge in [0.25, 0.3) is 0 Å². The van der Waals surface area contributed by atoms with Gasteiger partial charge in [0.2, 0.25) is 0 Å². The molecule has 1 unspecified atom stereocenters. The second-order valence-corrected chi connectivity index (χ2v) is 7.05. The highest BCUT2D eigenvalue weighted by Gasteiger charge is 2.26. The molecule has 3 rings (SSSR count). The van der Waals surface area contributed by atoms with Crippen molar-refractivity contribution in [2.45, 2.75) is 32.6 Å². The summed E-state index contributed by atoms with van der Waals surface area (Å²) in [6, 6.07) is 17.1. The highest BCUT2D eigenvalue weighted by Crippen LogP contribution is 2.19. The zero-order valence-electron chi connectivity index (χ0n) is 17.3. The average molecular weight is 409 g/mol. The highest BCUT2D eigenvalue weighted by atomic mass is 16.5. The van der Waals surface area contributed by atoms with Gasteiger partial charge in [-0.3, -0.25) is 4.98 Å². The zero-order chi connectivity index (χ0) is 21.2. The lowest BCUT2D eigenvalue weighted by molar-refractivity contribution is 0.0386. The van der Waals surface area contributed by atoms with Gasteiger partial charge in [0.05, 0.1) is 25.0 Å². The predicted molar refractivity (Wildman–Crippen MR) is 116 cm³/mol. The summed E-state index contributed by atoms with van der Waals surface area (Å²) in [6.45, 7) is 5.62. The van der Waals surface area contributed by atoms with Crippen LogP contribution in [-0.2, 0) is 18.8 Å². The Bertz CT molecular complexity index is 907. The van der Waals surface area contributed by atoms with Crippen molar-refractivity contribution in [1.29, 1.82) is 0 Å². The Labute approximate surface area is 176 Å². The largest absolute Gasteiger partial charge is 0.487 e. The summed E-state index contributed by atoms with van der Waals surface area (Å²) >= 11 is 0. The molecule has 158 valence electrons. The van der Waals surface area contributed by atoms with Crippen LogP contribution < -0.4 is 15.4 Å². The Balaban J connectivity index is 1.53. The fraction of sp³-hybridized carbons (Fsp3) is 0.304. The number of hydrogen-bond donors (Lipinski definition) is 3. The van der Waals surface area contributed by atoms with Crippen molar-refractivity contribution in [2.24, 2.45) is 4.99 Å². The Kier molecular flexibility index (Phi) is 7.45. The van der Waals surface area contributed by atoms with Crippen LogP contribution in [0, 0.1) is 0 Å². The smallest absolute Gasteiger partial charge is 0.191 e. The van der Waals surface area contributed by atoms with Crippen molar-refractivity contribution in [3.63, 3.8) is 0 Å². The van der Waals surface area contributed by atoms with E-state index in [1.165, 1.54) is 0 Å². The van der Waals surface area contributed by atoms with Gasteiger partial charge >= 0.3 is 0 Å². The van der Waals surface area contributed by atoms with E-state index in [9.17, 15) is 5.11 Å². The molecule has 2 aromatic heterocycles. The first-order valence-electron chi connectivity index (χ1n) is 9.97. The number of rotatable bonds is 9. The van der Waals surface area contributed by atoms with Crippen molar-refractivity contribution in [2.75, 3.05) is 13.1 Å². The van der Waals surface area contributed by atoms with Crippen LogP contribution in [0.2, 0.25) is 0 Å². The van der Waals surface area contributed by atoms with Crippen LogP contribution in [0.5, 0.6) is 5.75 Å². The maximum absolute atomic E-state index is 10.6. The summed E-state index contributed by atoms with van der Waals surface area (Å²) in [5, 5.41) is 16.9. The molecule has 1 atom stereocenters. The number of nitrogens with zero attached hydrogens (tertiary/aromatic N) is 2. The molecule has 7 nitrogen and oxygen atoms in total. The second kappa shape index (κ2) is 10.5. The third-order valence-electron chi connectivity index (χ3n) is 4.45. The number of furan rings is 1. The van der Waals surface area contributed by atoms with Gasteiger partial charge in [-0.2, -0.15) is 0 Å². The summed E-state index contributed by atoms with van der Waals surface area (Å²) in [5.74, 6) is 1.92. The van der Waals surface area contributed by atoms with Gasteiger partial charge in [0.1, 0.15) is 23.7 Å². The molecule has 0 bridgehead atoms. The molecule has 0 saturated carbocycles. The number of guanidine groups is 1. The van der Waals surface area contributed by atoms with E-state index in [2.05, 4.69) is 20.6 Å². The maximum Gasteiger partial charge on any atom is 0.191 e. The molecule has 0 saturated heterocycles. The van der Waals surface area contributed by atoms with Crippen LogP contribution in [-0.4, -0.2) is 29.1 Å². The van der Waals surface area contributed by atoms with E-state index in [-0.39, 0.29) is 6.54 Å². The number of pyridine rings is 1. The summed E-state index contributed by atoms with van der Waals surface area (Å²) < 4.78 is 11.1. The fourth-order valence-corrected chi connectivity index (χ4v) is 2.77. The van der Waals surface area contributed by atoms with Gasteiger partial charge in [0.15, 0.2) is 5.96 Å². The number of aliphatic imine (C=N–C) groups is 1. The Hall–Kier alpha value is -3.32. The molecular formula is C23H28N4O3. The van der Waals surface area contributed by atoms with Crippen LogP contribution in [0.15, 0.2) is 76.5 Å². The van der Waals surface area contributed by atoms with E-state index in [4.69, 9.17) is 9.15 Å². The van der Waals surface area contributed by atoms with Crippen molar-refractivity contribution in [3.8, 4) is 5.75 Å². The minimum absolute atomic E-state index is 0.270. The quantitative estimate of drug-likeness (QED) is 0.372. The van der Waals surface area contributed by atoms with Crippen LogP contribution in [0.1, 0.15) is 30.9 Å². The van der Waals surface area contributed by atoms with E-state index < -0.39 is 5.60 Å². The van der Waals surface area contributed by atoms with E-state index >= 15 is 0 Å². The summed E-state index contributed by atoms with van der Waals surface area (Å²) in [4.78, 5) is 8.84. The zero-order valence-corrected chi connectivity index (χ0v) is 17.3. The van der Waals surface area contributed by atoms with Crippen LogP contribution >= 0.6 is 0 Å². The minimum Gasteiger partial charge on any atom is -0.487 e. The first-order chi connectivity index (χ1) is 14.6. The molecule has 0 fully saturated rings. The standard InChI is InChI=1S/C23H28N4O3/c1-3-24-22(27-17-23(2,28)21-8-6-14-29-21)26-15-18-9-11-20(12-10-18)30-16-19-7-4-5-13-25-19/h4-14,28H,3,15-17H2,1-2H3,(H2,24,26,27). The van der Waals surface area contributed by atoms with Gasteiger partial charge in [-0.1, -0.05) is 18.2 Å². The van der Waals surface area contributed by atoms with Crippen LogP contribution in [0.4, 0.5) is 0 Å². The second-order valence-electron chi connectivity index (χ2n) is 7.05. The molecule has 0 radical (unpaired) electrons. The Morgan fingerprint density at radius 2 is 1.97 bits per heavy atom. The minimum atomic E-state index is -1.13. The number of benzene rings is 1. The number of nitrogens with one attached hydrogen (secondary N) is 2. The van der Waals surface area contributed by atoms with E-state index in [1.807, 2.05) is 49.4 Å². The van der Waals surface area contributed by atoms with E-state index in [0.29, 0.717) is 24.9 Å². The molecule has 3 aromatic rings. The van der Waals surface area contributed by atoms with Crippen molar-refractivity contribution in [1.82, 2.24) is 15.6 Å². The number of aliphatic hydroxyl groups is 1. The Morgan fingerprint density at radius 1 is 1.13 bits per heavy atom. The van der Waals surface area contributed by atoms with Crippen LogP contribution in [0.25, 0.3) is 0 Å².